The first kappa shape index (κ1) is 16.0. The van der Waals surface area contributed by atoms with Gasteiger partial charge in [0.25, 0.3) is 5.91 Å². The van der Waals surface area contributed by atoms with E-state index in [9.17, 15) is 17.8 Å². The Kier molecular flexibility index (Phi) is 4.23. The molecule has 1 N–H and O–H groups in total. The predicted molar refractivity (Wildman–Crippen MR) is 78.8 cm³/mol. The van der Waals surface area contributed by atoms with E-state index in [-0.39, 0.29) is 12.4 Å². The van der Waals surface area contributed by atoms with Crippen molar-refractivity contribution in [3.63, 3.8) is 0 Å². The number of fused-ring (bicyclic) bond motifs is 1. The van der Waals surface area contributed by atoms with Gasteiger partial charge in [-0.1, -0.05) is 12.1 Å². The van der Waals surface area contributed by atoms with Crippen molar-refractivity contribution >= 4 is 22.2 Å². The van der Waals surface area contributed by atoms with Crippen molar-refractivity contribution in [2.24, 2.45) is 5.10 Å². The van der Waals surface area contributed by atoms with Crippen LogP contribution in [0.15, 0.2) is 51.0 Å². The summed E-state index contributed by atoms with van der Waals surface area (Å²) in [5.41, 5.74) is 2.22. The molecule has 1 amide bonds. The lowest BCUT2D eigenvalue weighted by molar-refractivity contribution is -0.130. The van der Waals surface area contributed by atoms with Crippen LogP contribution in [0.25, 0.3) is 0 Å². The number of hydrogen-bond donors (Lipinski definition) is 1. The van der Waals surface area contributed by atoms with Gasteiger partial charge in [-0.2, -0.15) is 5.10 Å². The lowest BCUT2D eigenvalue weighted by Gasteiger charge is -2.24. The summed E-state index contributed by atoms with van der Waals surface area (Å²) in [4.78, 5) is 12.0. The first-order valence-electron chi connectivity index (χ1n) is 6.70. The van der Waals surface area contributed by atoms with Gasteiger partial charge in [0.2, 0.25) is 11.2 Å². The summed E-state index contributed by atoms with van der Waals surface area (Å²) in [7, 11) is -4.67. The molecule has 0 radical (unpaired) electrons. The molecule has 2 heterocycles. The molecule has 0 bridgehead atoms. The fraction of sp³-hybridized carbons (Fsp3) is 0.143. The molecule has 1 aliphatic heterocycles. The normalized spacial score (nSPS) is 17.0. The fourth-order valence-corrected chi connectivity index (χ4v) is 2.35. The van der Waals surface area contributed by atoms with Crippen LogP contribution in [-0.4, -0.2) is 37.8 Å². The Bertz CT molecular complexity index is 888. The number of hydrogen-bond acceptors (Lipinski definition) is 8. The van der Waals surface area contributed by atoms with Gasteiger partial charge >= 0.3 is 0 Å². The minimum absolute atomic E-state index is 0.00381. The molecule has 9 nitrogen and oxygen atoms in total. The van der Waals surface area contributed by atoms with Crippen LogP contribution in [0.2, 0.25) is 0 Å². The number of nitrogens with zero attached hydrogens (tertiary/aromatic N) is 1. The maximum absolute atomic E-state index is 12.0. The third-order valence-electron chi connectivity index (χ3n) is 3.02. The van der Waals surface area contributed by atoms with Gasteiger partial charge in [0.05, 0.1) is 6.21 Å². The zero-order chi connectivity index (χ0) is 17.2. The van der Waals surface area contributed by atoms with Crippen LogP contribution in [0.4, 0.5) is 0 Å². The lowest BCUT2D eigenvalue weighted by Crippen LogP contribution is -2.42. The van der Waals surface area contributed by atoms with Gasteiger partial charge in [-0.25, -0.2) is 13.8 Å². The van der Waals surface area contributed by atoms with Crippen LogP contribution in [0.3, 0.4) is 0 Å². The van der Waals surface area contributed by atoms with E-state index < -0.39 is 27.2 Å². The van der Waals surface area contributed by atoms with Gasteiger partial charge < -0.3 is 18.4 Å². The highest BCUT2D eigenvalue weighted by Gasteiger charge is 2.26. The van der Waals surface area contributed by atoms with Crippen LogP contribution < -0.4 is 14.9 Å². The number of carbonyl (C=O) groups excluding carboxylic acids is 1. The molecule has 24 heavy (non-hydrogen) atoms. The van der Waals surface area contributed by atoms with Crippen LogP contribution >= 0.6 is 0 Å². The number of nitrogens with one attached hydrogen (secondary N) is 1. The van der Waals surface area contributed by atoms with E-state index in [0.29, 0.717) is 11.5 Å². The SMILES string of the molecule is O=C(NN=Cc1ccc(S(=O)(=O)[O-])o1)C1COc2ccccc2O1. The molecule has 0 saturated heterocycles. The zero-order valence-corrected chi connectivity index (χ0v) is 12.9. The minimum atomic E-state index is -4.67. The molecule has 3 rings (SSSR count). The van der Waals surface area contributed by atoms with E-state index in [0.717, 1.165) is 12.3 Å². The van der Waals surface area contributed by atoms with Gasteiger partial charge in [-0.15, -0.1) is 0 Å². The average molecular weight is 351 g/mol. The van der Waals surface area contributed by atoms with Crippen molar-refractivity contribution in [1.82, 2.24) is 5.43 Å². The molecular formula is C14H11N2O7S-. The van der Waals surface area contributed by atoms with Gasteiger partial charge in [-0.05, 0) is 24.3 Å². The number of carbonyl (C=O) groups is 1. The summed E-state index contributed by atoms with van der Waals surface area (Å²) in [5.74, 6) is 0.441. The zero-order valence-electron chi connectivity index (χ0n) is 12.0. The molecule has 0 saturated carbocycles. The maximum atomic E-state index is 12.0. The Morgan fingerprint density at radius 2 is 2.00 bits per heavy atom. The van der Waals surface area contributed by atoms with Crippen LogP contribution in [-0.2, 0) is 14.9 Å². The number of amides is 1. The average Bonchev–Trinajstić information content (AvgIpc) is 3.03. The molecule has 1 aromatic carbocycles. The van der Waals surface area contributed by atoms with Crippen molar-refractivity contribution in [2.45, 2.75) is 11.2 Å². The highest BCUT2D eigenvalue weighted by atomic mass is 32.2. The Morgan fingerprint density at radius 3 is 2.71 bits per heavy atom. The number of furan rings is 1. The predicted octanol–water partition coefficient (Wildman–Crippen LogP) is 0.474. The second-order valence-electron chi connectivity index (χ2n) is 4.71. The molecule has 0 aliphatic carbocycles. The van der Waals surface area contributed by atoms with E-state index in [1.165, 1.54) is 6.07 Å². The maximum Gasteiger partial charge on any atom is 0.284 e. The Morgan fingerprint density at radius 1 is 1.25 bits per heavy atom. The van der Waals surface area contributed by atoms with Gasteiger partial charge in [-0.3, -0.25) is 4.79 Å². The summed E-state index contributed by atoms with van der Waals surface area (Å²) in [6.45, 7) is 0.0255. The van der Waals surface area contributed by atoms with Gasteiger partial charge in [0.15, 0.2) is 21.6 Å². The topological polar surface area (TPSA) is 130 Å². The summed E-state index contributed by atoms with van der Waals surface area (Å²) in [5, 5.41) is 2.89. The molecule has 1 unspecified atom stereocenters. The van der Waals surface area contributed by atoms with Gasteiger partial charge in [0, 0.05) is 0 Å². The van der Waals surface area contributed by atoms with Crippen LogP contribution in [0.1, 0.15) is 5.76 Å². The molecular weight excluding hydrogens is 340 g/mol. The van der Waals surface area contributed by atoms with Crippen LogP contribution in [0, 0.1) is 0 Å². The van der Waals surface area contributed by atoms with Crippen molar-refractivity contribution in [3.05, 3.63) is 42.2 Å². The molecule has 1 aromatic heterocycles. The van der Waals surface area contributed by atoms with Crippen molar-refractivity contribution in [1.29, 1.82) is 0 Å². The lowest BCUT2D eigenvalue weighted by atomic mass is 10.2. The smallest absolute Gasteiger partial charge is 0.284 e. The largest absolute Gasteiger partial charge is 0.742 e. The highest BCUT2D eigenvalue weighted by Crippen LogP contribution is 2.30. The van der Waals surface area contributed by atoms with Gasteiger partial charge in [0.1, 0.15) is 12.4 Å². The molecule has 0 spiro atoms. The van der Waals surface area contributed by atoms with Crippen molar-refractivity contribution in [3.8, 4) is 11.5 Å². The fourth-order valence-electron chi connectivity index (χ4n) is 1.92. The van der Waals surface area contributed by atoms with Crippen LogP contribution in [0.5, 0.6) is 11.5 Å². The Labute approximate surface area is 136 Å². The number of rotatable bonds is 4. The number of hydrazone groups is 1. The molecule has 1 atom stereocenters. The third-order valence-corrected chi connectivity index (χ3v) is 3.73. The second-order valence-corrected chi connectivity index (χ2v) is 6.02. The van der Waals surface area contributed by atoms with E-state index in [4.69, 9.17) is 13.9 Å². The number of benzene rings is 1. The standard InChI is InChI=1S/C14H12N2O7S/c17-14(12-8-21-10-3-1-2-4-11(10)23-12)16-15-7-9-5-6-13(22-9)24(18,19)20/h1-7,12H,8H2,(H,16,17)(H,18,19,20)/p-1. The highest BCUT2D eigenvalue weighted by molar-refractivity contribution is 7.85. The summed E-state index contributed by atoms with van der Waals surface area (Å²) in [6, 6.07) is 9.16. The third kappa shape index (κ3) is 3.55. The molecule has 126 valence electrons. The molecule has 2 aromatic rings. The van der Waals surface area contributed by atoms with E-state index in [1.54, 1.807) is 24.3 Å². The Hall–Kier alpha value is -2.85. The van der Waals surface area contributed by atoms with E-state index in [1.807, 2.05) is 0 Å². The van der Waals surface area contributed by atoms with E-state index >= 15 is 0 Å². The quantitative estimate of drug-likeness (QED) is 0.481. The van der Waals surface area contributed by atoms with Crippen molar-refractivity contribution < 1.29 is 31.7 Å². The summed E-state index contributed by atoms with van der Waals surface area (Å²) in [6.07, 6.45) is 0.177. The summed E-state index contributed by atoms with van der Waals surface area (Å²) < 4.78 is 47.9. The second kappa shape index (κ2) is 6.34. The first-order chi connectivity index (χ1) is 11.4. The van der Waals surface area contributed by atoms with Crippen molar-refractivity contribution in [2.75, 3.05) is 6.61 Å². The first-order valence-corrected chi connectivity index (χ1v) is 8.11. The minimum Gasteiger partial charge on any atom is -0.742 e. The monoisotopic (exact) mass is 351 g/mol. The summed E-state index contributed by atoms with van der Waals surface area (Å²) >= 11 is 0. The van der Waals surface area contributed by atoms with E-state index in [2.05, 4.69) is 10.5 Å². The number of para-hydroxylation sites is 2. The number of ether oxygens (including phenoxy) is 2. The Balaban J connectivity index is 1.59. The molecule has 0 fully saturated rings. The molecule has 10 heteroatoms. The molecule has 1 aliphatic rings.